The van der Waals surface area contributed by atoms with Crippen LogP contribution < -0.4 is 0 Å². The number of likely N-dealkylation sites (tertiary alicyclic amines) is 1. The quantitative estimate of drug-likeness (QED) is 0.856. The summed E-state index contributed by atoms with van der Waals surface area (Å²) in [5, 5.41) is 1.03. The lowest BCUT2D eigenvalue weighted by Gasteiger charge is -2.19. The number of aryl methyl sites for hydroxylation is 1. The van der Waals surface area contributed by atoms with Crippen molar-refractivity contribution in [3.05, 3.63) is 51.5 Å². The molecule has 1 aromatic heterocycles. The van der Waals surface area contributed by atoms with Crippen molar-refractivity contribution in [1.82, 2.24) is 9.88 Å². The predicted molar refractivity (Wildman–Crippen MR) is 90.5 cm³/mol. The number of thiazole rings is 1. The number of benzene rings is 1. The van der Waals surface area contributed by atoms with E-state index in [0.717, 1.165) is 47.9 Å². The van der Waals surface area contributed by atoms with E-state index in [4.69, 9.17) is 0 Å². The summed E-state index contributed by atoms with van der Waals surface area (Å²) in [6.07, 6.45) is 5.54. The van der Waals surface area contributed by atoms with Gasteiger partial charge in [0.25, 0.3) is 5.91 Å². The van der Waals surface area contributed by atoms with Crippen molar-refractivity contribution in [2.45, 2.75) is 39.0 Å². The van der Waals surface area contributed by atoms with Gasteiger partial charge in [-0.25, -0.2) is 4.98 Å². The number of carbonyl (C=O) groups is 1. The Morgan fingerprint density at radius 1 is 1.14 bits per heavy atom. The first-order valence-corrected chi connectivity index (χ1v) is 8.85. The van der Waals surface area contributed by atoms with Crippen molar-refractivity contribution in [3.63, 3.8) is 0 Å². The Labute approximate surface area is 136 Å². The van der Waals surface area contributed by atoms with E-state index < -0.39 is 0 Å². The molecule has 116 valence electrons. The van der Waals surface area contributed by atoms with Crippen LogP contribution in [0.25, 0.3) is 0 Å². The zero-order chi connectivity index (χ0) is 15.4. The predicted octanol–water partition coefficient (Wildman–Crippen LogP) is 4.06. The summed E-state index contributed by atoms with van der Waals surface area (Å²) >= 11 is 1.56. The zero-order valence-corrected chi connectivity index (χ0v) is 13.9. The molecule has 3 nitrogen and oxygen atoms in total. The molecule has 1 amide bonds. The third-order valence-electron chi connectivity index (χ3n) is 4.13. The lowest BCUT2D eigenvalue weighted by atomic mass is 10.2. The van der Waals surface area contributed by atoms with Crippen molar-refractivity contribution in [1.29, 1.82) is 0 Å². The molecule has 4 heteroatoms. The maximum absolute atomic E-state index is 12.7. The van der Waals surface area contributed by atoms with E-state index in [1.807, 2.05) is 30.0 Å². The van der Waals surface area contributed by atoms with Crippen LogP contribution >= 0.6 is 11.3 Å². The van der Waals surface area contributed by atoms with Gasteiger partial charge < -0.3 is 4.90 Å². The van der Waals surface area contributed by atoms with Gasteiger partial charge in [0.1, 0.15) is 4.88 Å². The number of carbonyl (C=O) groups excluding carboxylic acids is 1. The van der Waals surface area contributed by atoms with Gasteiger partial charge in [-0.15, -0.1) is 11.3 Å². The van der Waals surface area contributed by atoms with Crippen molar-refractivity contribution in [2.24, 2.45) is 0 Å². The van der Waals surface area contributed by atoms with Crippen LogP contribution in [-0.4, -0.2) is 28.9 Å². The molecule has 3 rings (SSSR count). The average Bonchev–Trinajstić information content (AvgIpc) is 2.75. The van der Waals surface area contributed by atoms with E-state index >= 15 is 0 Å². The molecule has 1 aromatic carbocycles. The Bertz CT molecular complexity index is 628. The first-order valence-electron chi connectivity index (χ1n) is 8.03. The van der Waals surface area contributed by atoms with Crippen LogP contribution in [0.3, 0.4) is 0 Å². The minimum atomic E-state index is 0.177. The van der Waals surface area contributed by atoms with Gasteiger partial charge in [0.15, 0.2) is 0 Å². The molecule has 0 N–H and O–H groups in total. The Kier molecular flexibility index (Phi) is 4.88. The van der Waals surface area contributed by atoms with Gasteiger partial charge in [-0.2, -0.15) is 0 Å². The van der Waals surface area contributed by atoms with Crippen molar-refractivity contribution < 1.29 is 4.79 Å². The molecule has 22 heavy (non-hydrogen) atoms. The van der Waals surface area contributed by atoms with E-state index in [1.54, 1.807) is 11.3 Å². The fourth-order valence-corrected chi connectivity index (χ4v) is 3.98. The van der Waals surface area contributed by atoms with E-state index in [-0.39, 0.29) is 5.91 Å². The molecule has 1 fully saturated rings. The fourth-order valence-electron chi connectivity index (χ4n) is 2.91. The summed E-state index contributed by atoms with van der Waals surface area (Å²) in [6.45, 7) is 3.74. The van der Waals surface area contributed by atoms with Gasteiger partial charge in [-0.3, -0.25) is 4.79 Å². The number of aromatic nitrogens is 1. The number of hydrogen-bond acceptors (Lipinski definition) is 3. The highest BCUT2D eigenvalue weighted by molar-refractivity contribution is 7.13. The summed E-state index contributed by atoms with van der Waals surface area (Å²) in [5.41, 5.74) is 2.12. The van der Waals surface area contributed by atoms with Crippen molar-refractivity contribution in [2.75, 3.05) is 13.1 Å². The van der Waals surface area contributed by atoms with Crippen LogP contribution in [0.15, 0.2) is 30.3 Å². The fraction of sp³-hybridized carbons (Fsp3) is 0.444. The Hall–Kier alpha value is -1.68. The monoisotopic (exact) mass is 314 g/mol. The minimum Gasteiger partial charge on any atom is -0.338 e. The number of nitrogens with zero attached hydrogens (tertiary/aromatic N) is 2. The van der Waals surface area contributed by atoms with Gasteiger partial charge in [0, 0.05) is 19.5 Å². The van der Waals surface area contributed by atoms with Crippen LogP contribution in [0.2, 0.25) is 0 Å². The molecular weight excluding hydrogens is 292 g/mol. The highest BCUT2D eigenvalue weighted by Crippen LogP contribution is 2.23. The Morgan fingerprint density at radius 3 is 2.50 bits per heavy atom. The largest absolute Gasteiger partial charge is 0.338 e. The van der Waals surface area contributed by atoms with E-state index in [0.29, 0.717) is 0 Å². The highest BCUT2D eigenvalue weighted by Gasteiger charge is 2.22. The van der Waals surface area contributed by atoms with Gasteiger partial charge in [0.05, 0.1) is 10.7 Å². The third-order valence-corrected chi connectivity index (χ3v) is 5.27. The van der Waals surface area contributed by atoms with Crippen LogP contribution in [0.5, 0.6) is 0 Å². The minimum absolute atomic E-state index is 0.177. The molecule has 0 saturated carbocycles. The van der Waals surface area contributed by atoms with Gasteiger partial charge in [-0.1, -0.05) is 43.2 Å². The van der Waals surface area contributed by atoms with Crippen molar-refractivity contribution >= 4 is 17.2 Å². The molecule has 1 aliphatic rings. The average molecular weight is 314 g/mol. The second-order valence-corrected chi connectivity index (χ2v) is 6.97. The van der Waals surface area contributed by atoms with Crippen LogP contribution in [0.1, 0.15) is 51.6 Å². The van der Waals surface area contributed by atoms with E-state index in [1.165, 1.54) is 18.4 Å². The summed E-state index contributed by atoms with van der Waals surface area (Å²) in [7, 11) is 0. The molecule has 0 aliphatic carbocycles. The molecule has 0 spiro atoms. The lowest BCUT2D eigenvalue weighted by Crippen LogP contribution is -2.31. The molecule has 0 unspecified atom stereocenters. The van der Waals surface area contributed by atoms with Crippen LogP contribution in [-0.2, 0) is 6.42 Å². The van der Waals surface area contributed by atoms with Crippen LogP contribution in [0.4, 0.5) is 0 Å². The zero-order valence-electron chi connectivity index (χ0n) is 13.0. The Morgan fingerprint density at radius 2 is 1.82 bits per heavy atom. The smallest absolute Gasteiger partial charge is 0.265 e. The molecule has 0 radical (unpaired) electrons. The lowest BCUT2D eigenvalue weighted by molar-refractivity contribution is 0.0765. The standard InChI is InChI=1S/C18H22N2OS/c1-14-17(18(21)20-11-7-2-3-8-12-20)22-16(19-14)13-15-9-5-4-6-10-15/h4-6,9-10H,2-3,7-8,11-13H2,1H3. The first-order chi connectivity index (χ1) is 10.7. The summed E-state index contributed by atoms with van der Waals surface area (Å²) in [4.78, 5) is 20.2. The molecule has 1 aliphatic heterocycles. The molecule has 0 bridgehead atoms. The number of amides is 1. The topological polar surface area (TPSA) is 33.2 Å². The molecule has 2 heterocycles. The number of hydrogen-bond donors (Lipinski definition) is 0. The highest BCUT2D eigenvalue weighted by atomic mass is 32.1. The van der Waals surface area contributed by atoms with Crippen LogP contribution in [0, 0.1) is 6.92 Å². The second kappa shape index (κ2) is 7.05. The van der Waals surface area contributed by atoms with Gasteiger partial charge in [0.2, 0.25) is 0 Å². The third kappa shape index (κ3) is 3.55. The second-order valence-electron chi connectivity index (χ2n) is 5.89. The first kappa shape index (κ1) is 15.2. The summed E-state index contributed by atoms with van der Waals surface area (Å²) < 4.78 is 0. The summed E-state index contributed by atoms with van der Waals surface area (Å²) in [6, 6.07) is 10.3. The number of rotatable bonds is 3. The normalized spacial score (nSPS) is 15.6. The Balaban J connectivity index is 1.75. The maximum Gasteiger partial charge on any atom is 0.265 e. The molecule has 0 atom stereocenters. The summed E-state index contributed by atoms with van der Waals surface area (Å²) in [5.74, 6) is 0.177. The van der Waals surface area contributed by atoms with Gasteiger partial charge in [-0.05, 0) is 25.3 Å². The van der Waals surface area contributed by atoms with Crippen molar-refractivity contribution in [3.8, 4) is 0 Å². The van der Waals surface area contributed by atoms with Gasteiger partial charge >= 0.3 is 0 Å². The van der Waals surface area contributed by atoms with E-state index in [2.05, 4.69) is 17.1 Å². The van der Waals surface area contributed by atoms with E-state index in [9.17, 15) is 4.79 Å². The maximum atomic E-state index is 12.7. The molecular formula is C18H22N2OS. The molecule has 2 aromatic rings. The molecule has 1 saturated heterocycles. The SMILES string of the molecule is Cc1nc(Cc2ccccc2)sc1C(=O)N1CCCCCC1.